The number of hydrogen-bond donors (Lipinski definition) is 0. The number of aromatic nitrogens is 3. The first kappa shape index (κ1) is 40.5. The Kier molecular flexibility index (Phi) is 13.0. The molecule has 2 saturated heterocycles. The van der Waals surface area contributed by atoms with Gasteiger partial charge in [0.2, 0.25) is 10.3 Å². The monoisotopic (exact) mass is 803 g/mol. The van der Waals surface area contributed by atoms with Crippen LogP contribution in [0.3, 0.4) is 0 Å². The third-order valence-electron chi connectivity index (χ3n) is 10.5. The molecule has 0 saturated carbocycles. The predicted octanol–water partition coefficient (Wildman–Crippen LogP) is 9.48. The van der Waals surface area contributed by atoms with Crippen LogP contribution >= 0.6 is 35.0 Å². The summed E-state index contributed by atoms with van der Waals surface area (Å²) in [6, 6.07) is 12.2. The molecule has 2 fully saturated rings. The summed E-state index contributed by atoms with van der Waals surface area (Å²) >= 11 is 13.4. The van der Waals surface area contributed by atoms with Crippen molar-refractivity contribution in [3.8, 4) is 11.4 Å². The van der Waals surface area contributed by atoms with Crippen molar-refractivity contribution in [2.45, 2.75) is 76.7 Å². The second-order valence-electron chi connectivity index (χ2n) is 14.3. The van der Waals surface area contributed by atoms with Gasteiger partial charge in [-0.15, -0.1) is 10.2 Å². The number of nitrogens with zero attached hydrogens (tertiary/aromatic N) is 5. The van der Waals surface area contributed by atoms with Crippen molar-refractivity contribution in [3.05, 3.63) is 97.3 Å². The Morgan fingerprint density at radius 3 is 2.26 bits per heavy atom. The molecule has 54 heavy (non-hydrogen) atoms. The van der Waals surface area contributed by atoms with E-state index < -0.39 is 17.7 Å². The van der Waals surface area contributed by atoms with Crippen LogP contribution in [0.15, 0.2) is 47.6 Å². The fourth-order valence-corrected chi connectivity index (χ4v) is 9.13. The second-order valence-corrected chi connectivity index (χ2v) is 16.0. The van der Waals surface area contributed by atoms with E-state index in [2.05, 4.69) is 20.0 Å². The molecule has 1 atom stereocenters. The van der Waals surface area contributed by atoms with Gasteiger partial charge in [-0.3, -0.25) is 14.3 Å². The quantitative estimate of drug-likeness (QED) is 0.139. The lowest BCUT2D eigenvalue weighted by Gasteiger charge is -2.40. The van der Waals surface area contributed by atoms with Crippen LogP contribution in [0, 0.1) is 27.7 Å². The lowest BCUT2D eigenvalue weighted by molar-refractivity contribution is -0.137. The maximum Gasteiger partial charge on any atom is 0.418 e. The molecule has 1 unspecified atom stereocenters. The zero-order chi connectivity index (χ0) is 38.7. The van der Waals surface area contributed by atoms with Crippen LogP contribution in [0.1, 0.15) is 81.2 Å². The molecule has 14 heteroatoms. The largest absolute Gasteiger partial charge is 0.496 e. The van der Waals surface area contributed by atoms with Crippen LogP contribution in [0.5, 0.6) is 5.75 Å². The number of alkyl halides is 3. The van der Waals surface area contributed by atoms with E-state index in [9.17, 15) is 18.0 Å². The van der Waals surface area contributed by atoms with Crippen LogP contribution in [0.25, 0.3) is 5.69 Å². The van der Waals surface area contributed by atoms with Gasteiger partial charge >= 0.3 is 6.18 Å². The molecular formula is C40H46Cl2F3N5O3S. The van der Waals surface area contributed by atoms with E-state index >= 15 is 0 Å². The van der Waals surface area contributed by atoms with Gasteiger partial charge in [0.15, 0.2) is 0 Å². The summed E-state index contributed by atoms with van der Waals surface area (Å²) in [5, 5.41) is 8.34. The van der Waals surface area contributed by atoms with E-state index in [1.807, 2.05) is 58.0 Å². The van der Waals surface area contributed by atoms with Crippen LogP contribution in [-0.2, 0) is 10.9 Å². The van der Waals surface area contributed by atoms with Crippen molar-refractivity contribution in [1.82, 2.24) is 24.6 Å². The summed E-state index contributed by atoms with van der Waals surface area (Å²) in [5.41, 5.74) is 3.40. The van der Waals surface area contributed by atoms with Crippen molar-refractivity contribution < 1.29 is 27.4 Å². The number of benzene rings is 3. The van der Waals surface area contributed by atoms with Crippen LogP contribution in [0.2, 0.25) is 10.0 Å². The van der Waals surface area contributed by atoms with Gasteiger partial charge in [0.25, 0.3) is 0 Å². The number of piperidine rings is 1. The van der Waals surface area contributed by atoms with Crippen molar-refractivity contribution in [1.29, 1.82) is 0 Å². The SMILES string of the molecule is COc1cc(C(CCCN2CCC(N3CCOCC3)CC2)c2nnc(SC(=O)c3c(C)cc(C)cc3C)n2-c2cc(Cl)c(Cl)cc2C(F)(F)F)ccc1C. The Bertz CT molecular complexity index is 1950. The second kappa shape index (κ2) is 17.3. The highest BCUT2D eigenvalue weighted by Crippen LogP contribution is 2.43. The fourth-order valence-electron chi connectivity index (χ4n) is 7.85. The van der Waals surface area contributed by atoms with E-state index in [0.29, 0.717) is 23.8 Å². The molecule has 3 heterocycles. The topological polar surface area (TPSA) is 72.7 Å². The van der Waals surface area contributed by atoms with Gasteiger partial charge in [0.1, 0.15) is 11.6 Å². The molecule has 0 N–H and O–H groups in total. The number of carbonyl (C=O) groups excluding carboxylic acids is 1. The van der Waals surface area contributed by atoms with Crippen LogP contribution < -0.4 is 4.74 Å². The highest BCUT2D eigenvalue weighted by Gasteiger charge is 2.38. The summed E-state index contributed by atoms with van der Waals surface area (Å²) in [7, 11) is 1.59. The van der Waals surface area contributed by atoms with Crippen LogP contribution in [0.4, 0.5) is 13.2 Å². The third-order valence-corrected chi connectivity index (χ3v) is 12.1. The van der Waals surface area contributed by atoms with Gasteiger partial charge in [-0.25, -0.2) is 0 Å². The number of ether oxygens (including phenoxy) is 2. The van der Waals surface area contributed by atoms with Crippen molar-refractivity contribution in [2.24, 2.45) is 0 Å². The lowest BCUT2D eigenvalue weighted by atomic mass is 9.91. The molecule has 0 amide bonds. The highest BCUT2D eigenvalue weighted by molar-refractivity contribution is 8.14. The molecule has 290 valence electrons. The molecule has 0 bridgehead atoms. The maximum absolute atomic E-state index is 14.8. The van der Waals surface area contributed by atoms with E-state index in [-0.39, 0.29) is 31.8 Å². The van der Waals surface area contributed by atoms with Crippen molar-refractivity contribution in [2.75, 3.05) is 53.0 Å². The zero-order valence-electron chi connectivity index (χ0n) is 31.2. The Balaban J connectivity index is 1.39. The molecule has 2 aliphatic rings. The molecule has 6 rings (SSSR count). The van der Waals surface area contributed by atoms with E-state index in [0.717, 1.165) is 111 Å². The first-order chi connectivity index (χ1) is 25.7. The molecular weight excluding hydrogens is 758 g/mol. The van der Waals surface area contributed by atoms with Gasteiger partial charge in [0, 0.05) is 30.6 Å². The Morgan fingerprint density at radius 1 is 0.944 bits per heavy atom. The molecule has 0 radical (unpaired) electrons. The maximum atomic E-state index is 14.8. The fraction of sp³-hybridized carbons (Fsp3) is 0.475. The number of aryl methyl sites for hydroxylation is 4. The lowest BCUT2D eigenvalue weighted by Crippen LogP contribution is -2.49. The number of halogens is 5. The summed E-state index contributed by atoms with van der Waals surface area (Å²) in [4.78, 5) is 19.0. The number of morpholine rings is 1. The predicted molar refractivity (Wildman–Crippen MR) is 208 cm³/mol. The van der Waals surface area contributed by atoms with Gasteiger partial charge in [-0.05, 0) is 125 Å². The minimum absolute atomic E-state index is 0.00692. The Labute approximate surface area is 329 Å². The number of rotatable bonds is 11. The normalized spacial score (nSPS) is 16.9. The summed E-state index contributed by atoms with van der Waals surface area (Å²) < 4.78 is 57.1. The molecule has 0 spiro atoms. The van der Waals surface area contributed by atoms with Gasteiger partial charge in [-0.1, -0.05) is 53.0 Å². The molecule has 0 aliphatic carbocycles. The molecule has 8 nitrogen and oxygen atoms in total. The standard InChI is InChI=1S/C40H46Cl2F3N5O3S/c1-24-19-26(3)36(27(4)20-24)38(51)54-39-47-46-37(50(39)34-23-33(42)32(41)22-31(34)40(43,44)45)30(28-9-8-25(2)35(21-28)52-5)7-6-12-48-13-10-29(11-14-48)49-15-17-53-18-16-49/h8-9,19-23,29-30H,6-7,10-18H2,1-5H3. The average Bonchev–Trinajstić information content (AvgIpc) is 3.53. The minimum atomic E-state index is -4.81. The summed E-state index contributed by atoms with van der Waals surface area (Å²) in [5.74, 6) is 0.388. The van der Waals surface area contributed by atoms with Gasteiger partial charge < -0.3 is 14.4 Å². The number of likely N-dealkylation sites (tertiary alicyclic amines) is 1. The van der Waals surface area contributed by atoms with Crippen molar-refractivity contribution >= 4 is 40.1 Å². The highest BCUT2D eigenvalue weighted by atomic mass is 35.5. The zero-order valence-corrected chi connectivity index (χ0v) is 33.6. The smallest absolute Gasteiger partial charge is 0.418 e. The number of hydrogen-bond acceptors (Lipinski definition) is 8. The first-order valence-corrected chi connectivity index (χ1v) is 19.8. The van der Waals surface area contributed by atoms with E-state index in [4.69, 9.17) is 32.7 Å². The Hall–Kier alpha value is -3.13. The van der Waals surface area contributed by atoms with E-state index in [1.54, 1.807) is 7.11 Å². The molecule has 2 aliphatic heterocycles. The summed E-state index contributed by atoms with van der Waals surface area (Å²) in [6.07, 6.45) is -1.35. The number of thioether (sulfide) groups is 1. The molecule has 1 aromatic heterocycles. The van der Waals surface area contributed by atoms with Crippen molar-refractivity contribution in [3.63, 3.8) is 0 Å². The molecule has 3 aromatic carbocycles. The first-order valence-electron chi connectivity index (χ1n) is 18.3. The van der Waals surface area contributed by atoms with E-state index in [1.165, 1.54) is 10.6 Å². The number of carbonyl (C=O) groups is 1. The minimum Gasteiger partial charge on any atom is -0.496 e. The Morgan fingerprint density at radius 2 is 1.61 bits per heavy atom. The number of methoxy groups -OCH3 is 1. The molecule has 4 aromatic rings. The third kappa shape index (κ3) is 9.11. The van der Waals surface area contributed by atoms with Gasteiger partial charge in [-0.2, -0.15) is 13.2 Å². The summed E-state index contributed by atoms with van der Waals surface area (Å²) in [6.45, 7) is 13.8. The van der Waals surface area contributed by atoms with Crippen LogP contribution in [-0.4, -0.2) is 88.8 Å². The van der Waals surface area contributed by atoms with Gasteiger partial charge in [0.05, 0.1) is 41.6 Å². The average molecular weight is 805 g/mol.